The van der Waals surface area contributed by atoms with Crippen LogP contribution >= 0.6 is 0 Å². The molecule has 0 aromatic carbocycles. The van der Waals surface area contributed by atoms with Crippen molar-refractivity contribution in [2.45, 2.75) is 31.8 Å². The van der Waals surface area contributed by atoms with E-state index in [1.807, 2.05) is 25.3 Å². The highest BCUT2D eigenvalue weighted by Gasteiger charge is 2.36. The Kier molecular flexibility index (Phi) is 2.47. The molecule has 0 bridgehead atoms. The topological polar surface area (TPSA) is 69.2 Å². The SMILES string of the molecule is CC(c1c[nH]c2ncccc12)N(C(=O)O)C1CC1. The fourth-order valence-electron chi connectivity index (χ4n) is 2.46. The molecule has 5 heteroatoms. The van der Waals surface area contributed by atoms with Gasteiger partial charge in [0.2, 0.25) is 0 Å². The number of aromatic amines is 1. The van der Waals surface area contributed by atoms with Crippen LogP contribution < -0.4 is 0 Å². The maximum atomic E-state index is 11.4. The van der Waals surface area contributed by atoms with Crippen LogP contribution in [0.25, 0.3) is 11.0 Å². The molecule has 1 saturated carbocycles. The minimum atomic E-state index is -0.844. The van der Waals surface area contributed by atoms with Crippen molar-refractivity contribution >= 4 is 17.1 Å². The monoisotopic (exact) mass is 245 g/mol. The number of amides is 1. The molecule has 1 aliphatic carbocycles. The number of pyridine rings is 1. The van der Waals surface area contributed by atoms with E-state index in [4.69, 9.17) is 0 Å². The zero-order chi connectivity index (χ0) is 12.7. The summed E-state index contributed by atoms with van der Waals surface area (Å²) in [6.45, 7) is 1.93. The number of aromatic nitrogens is 2. The van der Waals surface area contributed by atoms with Crippen LogP contribution in [0.3, 0.4) is 0 Å². The van der Waals surface area contributed by atoms with Gasteiger partial charge in [-0.25, -0.2) is 9.78 Å². The van der Waals surface area contributed by atoms with E-state index in [0.717, 1.165) is 29.4 Å². The summed E-state index contributed by atoms with van der Waals surface area (Å²) in [5.41, 5.74) is 1.80. The molecule has 5 nitrogen and oxygen atoms in total. The molecule has 1 fully saturated rings. The van der Waals surface area contributed by atoms with Crippen LogP contribution in [0.4, 0.5) is 4.79 Å². The lowest BCUT2D eigenvalue weighted by Crippen LogP contribution is -2.34. The lowest BCUT2D eigenvalue weighted by atomic mass is 10.1. The Balaban J connectivity index is 2.00. The molecule has 2 aromatic heterocycles. The number of hydrogen-bond acceptors (Lipinski definition) is 2. The van der Waals surface area contributed by atoms with Crippen LogP contribution in [0.5, 0.6) is 0 Å². The molecule has 0 radical (unpaired) electrons. The summed E-state index contributed by atoms with van der Waals surface area (Å²) in [6, 6.07) is 3.87. The Morgan fingerprint density at radius 2 is 2.39 bits per heavy atom. The van der Waals surface area contributed by atoms with Crippen LogP contribution in [0.1, 0.15) is 31.4 Å². The summed E-state index contributed by atoms with van der Waals surface area (Å²) in [5, 5.41) is 10.3. The van der Waals surface area contributed by atoms with Gasteiger partial charge in [0, 0.05) is 29.4 Å². The van der Waals surface area contributed by atoms with Gasteiger partial charge in [-0.2, -0.15) is 0 Å². The molecule has 1 atom stereocenters. The van der Waals surface area contributed by atoms with Gasteiger partial charge >= 0.3 is 6.09 Å². The summed E-state index contributed by atoms with van der Waals surface area (Å²) < 4.78 is 0. The third-order valence-corrected chi connectivity index (χ3v) is 3.51. The van der Waals surface area contributed by atoms with Crippen molar-refractivity contribution < 1.29 is 9.90 Å². The van der Waals surface area contributed by atoms with E-state index >= 15 is 0 Å². The fourth-order valence-corrected chi connectivity index (χ4v) is 2.46. The second-order valence-electron chi connectivity index (χ2n) is 4.74. The number of nitrogens with one attached hydrogen (secondary N) is 1. The largest absolute Gasteiger partial charge is 0.465 e. The number of H-pyrrole nitrogens is 1. The fraction of sp³-hybridized carbons (Fsp3) is 0.385. The standard InChI is InChI=1S/C13H15N3O2/c1-8(16(13(17)18)9-4-5-9)11-7-15-12-10(11)3-2-6-14-12/h2-3,6-9H,4-5H2,1H3,(H,14,15)(H,17,18). The number of carboxylic acid groups (broad SMARTS) is 1. The summed E-state index contributed by atoms with van der Waals surface area (Å²) in [7, 11) is 0. The zero-order valence-electron chi connectivity index (χ0n) is 10.1. The molecule has 2 aromatic rings. The first-order valence-electron chi connectivity index (χ1n) is 6.11. The lowest BCUT2D eigenvalue weighted by molar-refractivity contribution is 0.124. The van der Waals surface area contributed by atoms with Gasteiger partial charge in [0.05, 0.1) is 6.04 Å². The number of fused-ring (bicyclic) bond motifs is 1. The average Bonchev–Trinajstić information content (AvgIpc) is 3.07. The maximum Gasteiger partial charge on any atom is 0.408 e. The van der Waals surface area contributed by atoms with Crippen molar-refractivity contribution in [3.8, 4) is 0 Å². The van der Waals surface area contributed by atoms with E-state index in [-0.39, 0.29) is 12.1 Å². The third kappa shape index (κ3) is 1.72. The molecule has 2 N–H and O–H groups in total. The van der Waals surface area contributed by atoms with Crippen molar-refractivity contribution in [1.29, 1.82) is 0 Å². The Labute approximate surface area is 104 Å². The van der Waals surface area contributed by atoms with E-state index in [1.165, 1.54) is 0 Å². The number of carbonyl (C=O) groups is 1. The Hall–Kier alpha value is -2.04. The molecule has 0 saturated heterocycles. The zero-order valence-corrected chi connectivity index (χ0v) is 10.1. The van der Waals surface area contributed by atoms with Gasteiger partial charge < -0.3 is 10.1 Å². The van der Waals surface area contributed by atoms with Gasteiger partial charge in [0.25, 0.3) is 0 Å². The lowest BCUT2D eigenvalue weighted by Gasteiger charge is -2.26. The molecule has 2 heterocycles. The highest BCUT2D eigenvalue weighted by Crippen LogP contribution is 2.36. The van der Waals surface area contributed by atoms with Gasteiger partial charge in [0.15, 0.2) is 0 Å². The van der Waals surface area contributed by atoms with Crippen LogP contribution in [-0.4, -0.2) is 32.1 Å². The summed E-state index contributed by atoms with van der Waals surface area (Å²) in [5.74, 6) is 0. The van der Waals surface area contributed by atoms with Gasteiger partial charge in [-0.1, -0.05) is 0 Å². The van der Waals surface area contributed by atoms with Gasteiger partial charge in [-0.15, -0.1) is 0 Å². The number of nitrogens with zero attached hydrogens (tertiary/aromatic N) is 2. The predicted molar refractivity (Wildman–Crippen MR) is 67.4 cm³/mol. The molecular weight excluding hydrogens is 230 g/mol. The van der Waals surface area contributed by atoms with Crippen molar-refractivity contribution in [2.24, 2.45) is 0 Å². The normalized spacial score (nSPS) is 16.7. The molecular formula is C13H15N3O2. The van der Waals surface area contributed by atoms with Crippen LogP contribution in [0.15, 0.2) is 24.5 Å². The Morgan fingerprint density at radius 3 is 3.06 bits per heavy atom. The highest BCUT2D eigenvalue weighted by atomic mass is 16.4. The second-order valence-corrected chi connectivity index (χ2v) is 4.74. The summed E-state index contributed by atoms with van der Waals surface area (Å²) in [4.78, 5) is 20.2. The molecule has 94 valence electrons. The van der Waals surface area contributed by atoms with E-state index in [1.54, 1.807) is 11.1 Å². The van der Waals surface area contributed by atoms with E-state index in [2.05, 4.69) is 9.97 Å². The van der Waals surface area contributed by atoms with Crippen LogP contribution in [0, 0.1) is 0 Å². The van der Waals surface area contributed by atoms with Gasteiger partial charge in [0.1, 0.15) is 5.65 Å². The Bertz CT molecular complexity index is 589. The van der Waals surface area contributed by atoms with Crippen molar-refractivity contribution in [1.82, 2.24) is 14.9 Å². The molecule has 0 spiro atoms. The minimum absolute atomic E-state index is 0.145. The van der Waals surface area contributed by atoms with Crippen LogP contribution in [0.2, 0.25) is 0 Å². The average molecular weight is 245 g/mol. The third-order valence-electron chi connectivity index (χ3n) is 3.51. The van der Waals surface area contributed by atoms with Gasteiger partial charge in [-0.3, -0.25) is 4.90 Å². The summed E-state index contributed by atoms with van der Waals surface area (Å²) >= 11 is 0. The highest BCUT2D eigenvalue weighted by molar-refractivity contribution is 5.80. The molecule has 1 amide bonds. The Morgan fingerprint density at radius 1 is 1.61 bits per heavy atom. The first-order valence-corrected chi connectivity index (χ1v) is 6.11. The van der Waals surface area contributed by atoms with Crippen molar-refractivity contribution in [3.05, 3.63) is 30.1 Å². The smallest absolute Gasteiger partial charge is 0.408 e. The molecule has 1 unspecified atom stereocenters. The quantitative estimate of drug-likeness (QED) is 0.873. The van der Waals surface area contributed by atoms with Crippen molar-refractivity contribution in [2.75, 3.05) is 0 Å². The van der Waals surface area contributed by atoms with Crippen molar-refractivity contribution in [3.63, 3.8) is 0 Å². The van der Waals surface area contributed by atoms with Gasteiger partial charge in [-0.05, 0) is 31.9 Å². The number of rotatable bonds is 3. The maximum absolute atomic E-state index is 11.4. The summed E-state index contributed by atoms with van der Waals surface area (Å²) in [6.07, 6.45) is 4.68. The second kappa shape index (κ2) is 4.01. The minimum Gasteiger partial charge on any atom is -0.465 e. The first-order chi connectivity index (χ1) is 8.68. The van der Waals surface area contributed by atoms with E-state index in [0.29, 0.717) is 0 Å². The molecule has 1 aliphatic rings. The van der Waals surface area contributed by atoms with E-state index < -0.39 is 6.09 Å². The molecule has 18 heavy (non-hydrogen) atoms. The van der Waals surface area contributed by atoms with E-state index in [9.17, 15) is 9.90 Å². The predicted octanol–water partition coefficient (Wildman–Crippen LogP) is 2.77. The molecule has 0 aliphatic heterocycles. The molecule has 3 rings (SSSR count). The first kappa shape index (κ1) is 11.1. The van der Waals surface area contributed by atoms with Crippen LogP contribution in [-0.2, 0) is 0 Å². The number of hydrogen-bond donors (Lipinski definition) is 2.